The Morgan fingerprint density at radius 2 is 1.23 bits per heavy atom. The van der Waals surface area contributed by atoms with E-state index in [2.05, 4.69) is 31.1 Å². The van der Waals surface area contributed by atoms with Crippen LogP contribution >= 0.6 is 0 Å². The van der Waals surface area contributed by atoms with Gasteiger partial charge in [-0.2, -0.15) is 27.1 Å². The molecule has 0 spiro atoms. The zero-order valence-electron chi connectivity index (χ0n) is 52.9. The van der Waals surface area contributed by atoms with Gasteiger partial charge < -0.3 is 40.2 Å². The third kappa shape index (κ3) is 15.9. The van der Waals surface area contributed by atoms with Crippen LogP contribution in [-0.2, 0) is 50.6 Å². The molecule has 1 aliphatic rings. The minimum absolute atomic E-state index is 0.0486. The van der Waals surface area contributed by atoms with E-state index in [-0.39, 0.29) is 61.7 Å². The molecule has 0 aromatic heterocycles. The van der Waals surface area contributed by atoms with Crippen LogP contribution in [0.1, 0.15) is 80.5 Å². The van der Waals surface area contributed by atoms with Crippen LogP contribution in [0.5, 0.6) is 17.2 Å². The first-order valence-corrected chi connectivity index (χ1v) is 33.4. The van der Waals surface area contributed by atoms with E-state index in [1.807, 2.05) is 19.1 Å². The number of nitrogen functional groups attached to an aromatic ring is 1. The van der Waals surface area contributed by atoms with Gasteiger partial charge in [-0.3, -0.25) is 28.3 Å². The van der Waals surface area contributed by atoms with E-state index >= 15 is 0 Å². The van der Waals surface area contributed by atoms with Gasteiger partial charge in [0, 0.05) is 44.8 Å². The van der Waals surface area contributed by atoms with Crippen molar-refractivity contribution < 1.29 is 68.9 Å². The molecule has 3 amide bonds. The van der Waals surface area contributed by atoms with Crippen molar-refractivity contribution in [1.82, 2.24) is 4.90 Å². The number of benzene rings is 9. The molecule has 0 radical (unpaired) electrons. The van der Waals surface area contributed by atoms with Crippen molar-refractivity contribution in [3.05, 3.63) is 193 Å². The third-order valence-corrected chi connectivity index (χ3v) is 18.4. The first kappa shape index (κ1) is 68.1. The van der Waals surface area contributed by atoms with Gasteiger partial charge >= 0.3 is 5.97 Å². The molecule has 96 heavy (non-hydrogen) atoms. The van der Waals surface area contributed by atoms with Crippen molar-refractivity contribution in [2.45, 2.75) is 81.2 Å². The van der Waals surface area contributed by atoms with Crippen LogP contribution in [0.3, 0.4) is 0 Å². The second-order valence-corrected chi connectivity index (χ2v) is 26.1. The Morgan fingerprint density at radius 1 is 0.646 bits per heavy atom. The number of aryl methyl sites for hydroxylation is 1. The highest BCUT2D eigenvalue weighted by Gasteiger charge is 2.41. The van der Waals surface area contributed by atoms with Crippen LogP contribution in [0.4, 0.5) is 39.8 Å². The van der Waals surface area contributed by atoms with Crippen molar-refractivity contribution in [2.75, 3.05) is 43.7 Å². The van der Waals surface area contributed by atoms with E-state index in [0.717, 1.165) is 28.8 Å². The van der Waals surface area contributed by atoms with Gasteiger partial charge in [-0.25, -0.2) is 4.79 Å². The number of piperidine rings is 1. The quantitative estimate of drug-likeness (QED) is 0.0123. The fourth-order valence-corrected chi connectivity index (χ4v) is 12.4. The molecular weight excluding hydrogens is 1270 g/mol. The SMILES string of the molecule is CCC(C)(C)C(=O)C(=O)N1CCCCC1C(=O)OC(CCc1ccc(OC)c(OC)c1)c1cccc(OCC(=O)Nc2ccc(C(=O)Nc3c(N=Nc4ccc(-c5ccc(N=Nc6cc(S(=O)(=O)O)c7ccccc7c6N)cc5)cc4)cc(S(=O)(=O)O)c4ccccc34)cc2)c1. The summed E-state index contributed by atoms with van der Waals surface area (Å²) in [5, 5.41) is 23.7. The maximum atomic E-state index is 14.2. The highest BCUT2D eigenvalue weighted by Crippen LogP contribution is 2.41. The molecule has 6 N–H and O–H groups in total. The fourth-order valence-electron chi connectivity index (χ4n) is 11.0. The highest BCUT2D eigenvalue weighted by molar-refractivity contribution is 7.86. The van der Waals surface area contributed by atoms with Crippen molar-refractivity contribution in [1.29, 1.82) is 0 Å². The van der Waals surface area contributed by atoms with Gasteiger partial charge in [0.05, 0.1) is 37.0 Å². The molecule has 0 aliphatic carbocycles. The summed E-state index contributed by atoms with van der Waals surface area (Å²) in [7, 11) is -6.37. The van der Waals surface area contributed by atoms with E-state index in [9.17, 15) is 49.9 Å². The van der Waals surface area contributed by atoms with E-state index in [0.29, 0.717) is 78.0 Å². The van der Waals surface area contributed by atoms with Crippen LogP contribution in [0.25, 0.3) is 32.7 Å². The van der Waals surface area contributed by atoms with E-state index in [4.69, 9.17) is 24.7 Å². The van der Waals surface area contributed by atoms with Crippen LogP contribution in [-0.4, -0.2) is 93.7 Å². The largest absolute Gasteiger partial charge is 0.493 e. The van der Waals surface area contributed by atoms with Crippen LogP contribution in [0.2, 0.25) is 0 Å². The zero-order chi connectivity index (χ0) is 68.5. The van der Waals surface area contributed by atoms with Crippen molar-refractivity contribution in [3.63, 3.8) is 0 Å². The number of nitrogens with one attached hydrogen (secondary N) is 2. The summed E-state index contributed by atoms with van der Waals surface area (Å²) in [4.78, 5) is 69.3. The number of ether oxygens (including phenoxy) is 4. The lowest BCUT2D eigenvalue weighted by Crippen LogP contribution is -2.53. The van der Waals surface area contributed by atoms with Crippen molar-refractivity contribution in [3.8, 4) is 28.4 Å². The lowest BCUT2D eigenvalue weighted by Gasteiger charge is -2.36. The van der Waals surface area contributed by atoms with Crippen LogP contribution in [0, 0.1) is 5.41 Å². The summed E-state index contributed by atoms with van der Waals surface area (Å²) in [5.74, 6) is -1.75. The normalized spacial score (nSPS) is 13.9. The lowest BCUT2D eigenvalue weighted by atomic mass is 9.84. The topological polar surface area (TPSA) is 334 Å². The molecule has 9 aromatic carbocycles. The van der Waals surface area contributed by atoms with E-state index in [1.165, 1.54) is 55.5 Å². The number of likely N-dealkylation sites (tertiary alicyclic amines) is 1. The predicted molar refractivity (Wildman–Crippen MR) is 362 cm³/mol. The number of fused-ring (bicyclic) bond motifs is 2. The number of nitrogens with two attached hydrogens (primary N) is 1. The number of carbonyl (C=O) groups excluding carboxylic acids is 5. The van der Waals surface area contributed by atoms with Gasteiger partial charge in [-0.1, -0.05) is 112 Å². The molecule has 0 bridgehead atoms. The number of esters is 1. The number of rotatable bonds is 24. The average Bonchev–Trinajstić information content (AvgIpc) is 0.774. The van der Waals surface area contributed by atoms with Crippen LogP contribution < -0.4 is 30.6 Å². The summed E-state index contributed by atoms with van der Waals surface area (Å²) in [6, 6.07) is 46.0. The molecule has 2 unspecified atom stereocenters. The molecule has 23 nitrogen and oxygen atoms in total. The van der Waals surface area contributed by atoms with Crippen molar-refractivity contribution >= 4 is 111 Å². The monoisotopic (exact) mass is 1340 g/mol. The van der Waals surface area contributed by atoms with Gasteiger partial charge in [0.2, 0.25) is 5.78 Å². The van der Waals surface area contributed by atoms with Gasteiger partial charge in [0.15, 0.2) is 18.1 Å². The van der Waals surface area contributed by atoms with Gasteiger partial charge in [-0.05, 0) is 146 Å². The third-order valence-electron chi connectivity index (χ3n) is 16.6. The number of ketones is 1. The van der Waals surface area contributed by atoms with E-state index < -0.39 is 78.8 Å². The zero-order valence-corrected chi connectivity index (χ0v) is 54.5. The first-order chi connectivity index (χ1) is 45.9. The number of Topliss-reactive ketones (excluding diaryl/α,β-unsaturated/α-hetero) is 1. The summed E-state index contributed by atoms with van der Waals surface area (Å²) in [5.41, 5.74) is 9.79. The smallest absolute Gasteiger partial charge is 0.329 e. The number of hydrogen-bond donors (Lipinski definition) is 5. The molecule has 9 aromatic rings. The first-order valence-electron chi connectivity index (χ1n) is 30.5. The molecule has 1 aliphatic heterocycles. The number of azo groups is 2. The van der Waals surface area contributed by atoms with Gasteiger partial charge in [0.1, 0.15) is 39.1 Å². The molecule has 1 heterocycles. The molecule has 494 valence electrons. The summed E-state index contributed by atoms with van der Waals surface area (Å²) < 4.78 is 93.5. The second kappa shape index (κ2) is 29.3. The van der Waals surface area contributed by atoms with Gasteiger partial charge in [-0.15, -0.1) is 10.2 Å². The highest BCUT2D eigenvalue weighted by atomic mass is 32.2. The number of hydrogen-bond acceptors (Lipinski definition) is 18. The minimum atomic E-state index is -4.83. The fraction of sp³-hybridized carbons (Fsp3) is 0.225. The Kier molecular flexibility index (Phi) is 20.8. The maximum absolute atomic E-state index is 14.2. The Balaban J connectivity index is 0.805. The Labute approximate surface area is 553 Å². The number of nitrogens with zero attached hydrogens (tertiary/aromatic N) is 5. The molecule has 1 fully saturated rings. The van der Waals surface area contributed by atoms with Crippen molar-refractivity contribution in [2.24, 2.45) is 25.9 Å². The predicted octanol–water partition coefficient (Wildman–Crippen LogP) is 14.5. The number of amides is 3. The van der Waals surface area contributed by atoms with Gasteiger partial charge in [0.25, 0.3) is 38.0 Å². The maximum Gasteiger partial charge on any atom is 0.329 e. The second-order valence-electron chi connectivity index (χ2n) is 23.3. The molecule has 2 atom stereocenters. The van der Waals surface area contributed by atoms with E-state index in [1.54, 1.807) is 129 Å². The Morgan fingerprint density at radius 3 is 1.83 bits per heavy atom. The number of anilines is 3. The molecular formula is C71H68N8O15S2. The Bertz CT molecular complexity index is 4760. The van der Waals surface area contributed by atoms with Crippen LogP contribution in [0.15, 0.2) is 206 Å². The number of carbonyl (C=O) groups is 5. The molecule has 0 saturated carbocycles. The molecule has 25 heteroatoms. The molecule has 1 saturated heterocycles. The Hall–Kier alpha value is -10.7. The number of methoxy groups -OCH3 is 2. The minimum Gasteiger partial charge on any atom is -0.493 e. The average molecular weight is 1340 g/mol. The molecule has 10 rings (SSSR count). The summed E-state index contributed by atoms with van der Waals surface area (Å²) >= 11 is 0. The standard InChI is InChI=1S/C71H68N8O15S2/c1-6-71(2,3)67(81)69(83)79-37-12-11-20-58(79)70(84)94-59(35-21-43-22-36-60(91-4)61(38-43)92-5)47-14-13-15-51(39-47)93-42-64(80)73-48-29-27-46(28-30-48)68(82)74-66-55-19-10-8-17-53(55)63(96(88,89)90)41-57(66)78-76-50-33-25-45(26-34-50)44-23-31-49(32-24-44)75-77-56-40-62(95(85,86)87)52-16-7-9-18-54(52)65(56)72/h7-10,13-19,22-34,36,38-41,58-59H,6,11-12,20-21,35,37,42,72H2,1-5H3,(H,73,80)(H,74,82)(H,85,86,87)(H,88,89,90). The summed E-state index contributed by atoms with van der Waals surface area (Å²) in [6.07, 6.45) is 1.92. The summed E-state index contributed by atoms with van der Waals surface area (Å²) in [6.45, 7) is 5.05. The lowest BCUT2D eigenvalue weighted by molar-refractivity contribution is -0.164.